The molecule has 2 amide bonds. The summed E-state index contributed by atoms with van der Waals surface area (Å²) < 4.78 is 5.13. The van der Waals surface area contributed by atoms with Crippen LogP contribution < -0.4 is 10.1 Å². The van der Waals surface area contributed by atoms with Gasteiger partial charge in [0, 0.05) is 24.2 Å². The molecule has 1 aromatic rings. The molecule has 0 aliphatic rings. The van der Waals surface area contributed by atoms with E-state index in [1.165, 1.54) is 12.0 Å². The normalized spacial score (nSPS) is 10.1. The lowest BCUT2D eigenvalue weighted by atomic mass is 10.2. The van der Waals surface area contributed by atoms with Crippen molar-refractivity contribution in [1.82, 2.24) is 4.90 Å². The highest BCUT2D eigenvalue weighted by atomic mass is 35.5. The number of aliphatic hydroxyl groups excluding tert-OH is 1. The van der Waals surface area contributed by atoms with E-state index >= 15 is 0 Å². The van der Waals surface area contributed by atoms with Gasteiger partial charge in [0.2, 0.25) is 0 Å². The number of nitrogens with zero attached hydrogens (tertiary/aromatic N) is 1. The first-order valence-electron chi connectivity index (χ1n) is 6.49. The Morgan fingerprint density at radius 3 is 2.62 bits per heavy atom. The zero-order valence-corrected chi connectivity index (χ0v) is 13.0. The van der Waals surface area contributed by atoms with Crippen LogP contribution in [0.15, 0.2) is 12.1 Å². The molecule has 2 N–H and O–H groups in total. The Kier molecular flexibility index (Phi) is 6.45. The second-order valence-electron chi connectivity index (χ2n) is 4.36. The van der Waals surface area contributed by atoms with Gasteiger partial charge < -0.3 is 20.1 Å². The fourth-order valence-corrected chi connectivity index (χ4v) is 1.93. The van der Waals surface area contributed by atoms with E-state index in [0.29, 0.717) is 23.0 Å². The van der Waals surface area contributed by atoms with Crippen molar-refractivity contribution in [3.63, 3.8) is 0 Å². The van der Waals surface area contributed by atoms with Gasteiger partial charge in [-0.1, -0.05) is 11.6 Å². The zero-order valence-electron chi connectivity index (χ0n) is 12.3. The molecule has 0 aliphatic heterocycles. The highest BCUT2D eigenvalue weighted by Gasteiger charge is 2.21. The van der Waals surface area contributed by atoms with Crippen molar-refractivity contribution in [2.75, 3.05) is 32.1 Å². The lowest BCUT2D eigenvalue weighted by Gasteiger charge is -2.19. The Morgan fingerprint density at radius 1 is 1.43 bits per heavy atom. The summed E-state index contributed by atoms with van der Waals surface area (Å²) >= 11 is 5.98. The summed E-state index contributed by atoms with van der Waals surface area (Å²) in [5, 5.41) is 11.9. The lowest BCUT2D eigenvalue weighted by Crippen LogP contribution is -2.41. The molecule has 1 rings (SSSR count). The number of amides is 2. The first-order chi connectivity index (χ1) is 9.94. The standard InChI is InChI=1S/C14H19ClN2O4/c1-4-17(5-6-18)14(20)13(19)16-11-7-9(2)10(15)8-12(11)21-3/h7-8,18H,4-6H2,1-3H3,(H,16,19). The van der Waals surface area contributed by atoms with Crippen molar-refractivity contribution in [2.45, 2.75) is 13.8 Å². The molecule has 0 atom stereocenters. The molecule has 21 heavy (non-hydrogen) atoms. The maximum absolute atomic E-state index is 12.0. The Hall–Kier alpha value is -1.79. The number of ether oxygens (including phenoxy) is 1. The van der Waals surface area contributed by atoms with Crippen LogP contribution in [0.5, 0.6) is 5.75 Å². The molecular weight excluding hydrogens is 296 g/mol. The van der Waals surface area contributed by atoms with Crippen molar-refractivity contribution in [3.05, 3.63) is 22.7 Å². The first kappa shape index (κ1) is 17.3. The molecular formula is C14H19ClN2O4. The second kappa shape index (κ2) is 7.85. The molecule has 7 heteroatoms. The molecule has 0 aromatic heterocycles. The molecule has 1 aromatic carbocycles. The molecule has 0 aliphatic carbocycles. The summed E-state index contributed by atoms with van der Waals surface area (Å²) in [5.41, 5.74) is 1.13. The minimum Gasteiger partial charge on any atom is -0.495 e. The number of methoxy groups -OCH3 is 1. The minimum absolute atomic E-state index is 0.111. The molecule has 0 spiro atoms. The molecule has 0 saturated carbocycles. The summed E-state index contributed by atoms with van der Waals surface area (Å²) in [6.45, 7) is 3.76. The average molecular weight is 315 g/mol. The SMILES string of the molecule is CCN(CCO)C(=O)C(=O)Nc1cc(C)c(Cl)cc1OC. The topological polar surface area (TPSA) is 78.9 Å². The summed E-state index contributed by atoms with van der Waals surface area (Å²) in [6, 6.07) is 3.21. The number of nitrogens with one attached hydrogen (secondary N) is 1. The van der Waals surface area contributed by atoms with Crippen LogP contribution in [0.2, 0.25) is 5.02 Å². The zero-order chi connectivity index (χ0) is 16.0. The summed E-state index contributed by atoms with van der Waals surface area (Å²) in [6.07, 6.45) is 0. The van der Waals surface area contributed by atoms with E-state index in [0.717, 1.165) is 5.56 Å². The van der Waals surface area contributed by atoms with Crippen LogP contribution in [-0.4, -0.2) is 48.6 Å². The van der Waals surface area contributed by atoms with Crippen LogP contribution in [0.3, 0.4) is 0 Å². The molecule has 0 bridgehead atoms. The monoisotopic (exact) mass is 314 g/mol. The number of hydrogen-bond acceptors (Lipinski definition) is 4. The molecule has 0 heterocycles. The van der Waals surface area contributed by atoms with Gasteiger partial charge in [-0.3, -0.25) is 9.59 Å². The van der Waals surface area contributed by atoms with Gasteiger partial charge in [0.1, 0.15) is 5.75 Å². The predicted molar refractivity (Wildman–Crippen MR) is 80.7 cm³/mol. The molecule has 0 unspecified atom stereocenters. The first-order valence-corrected chi connectivity index (χ1v) is 6.87. The van der Waals surface area contributed by atoms with E-state index in [4.69, 9.17) is 21.4 Å². The fraction of sp³-hybridized carbons (Fsp3) is 0.429. The van der Waals surface area contributed by atoms with Gasteiger partial charge >= 0.3 is 11.8 Å². The summed E-state index contributed by atoms with van der Waals surface area (Å²) in [7, 11) is 1.45. The maximum atomic E-state index is 12.0. The van der Waals surface area contributed by atoms with Crippen molar-refractivity contribution >= 4 is 29.1 Å². The fourth-order valence-electron chi connectivity index (χ4n) is 1.77. The molecule has 116 valence electrons. The van der Waals surface area contributed by atoms with Gasteiger partial charge in [0.05, 0.1) is 19.4 Å². The molecule has 0 saturated heterocycles. The quantitative estimate of drug-likeness (QED) is 0.806. The van der Waals surface area contributed by atoms with Crippen LogP contribution in [0.1, 0.15) is 12.5 Å². The molecule has 6 nitrogen and oxygen atoms in total. The summed E-state index contributed by atoms with van der Waals surface area (Å²) in [5.74, 6) is -1.12. The predicted octanol–water partition coefficient (Wildman–Crippen LogP) is 1.44. The number of halogens is 1. The van der Waals surface area contributed by atoms with E-state index in [2.05, 4.69) is 5.32 Å². The summed E-state index contributed by atoms with van der Waals surface area (Å²) in [4.78, 5) is 25.2. The highest BCUT2D eigenvalue weighted by Crippen LogP contribution is 2.30. The van der Waals surface area contributed by atoms with Crippen molar-refractivity contribution in [1.29, 1.82) is 0 Å². The van der Waals surface area contributed by atoms with E-state index < -0.39 is 11.8 Å². The minimum atomic E-state index is -0.787. The second-order valence-corrected chi connectivity index (χ2v) is 4.77. The van der Waals surface area contributed by atoms with Crippen LogP contribution in [0.25, 0.3) is 0 Å². The number of aliphatic hydroxyl groups is 1. The Bertz CT molecular complexity index is 534. The maximum Gasteiger partial charge on any atom is 0.314 e. The Balaban J connectivity index is 2.92. The van der Waals surface area contributed by atoms with E-state index in [9.17, 15) is 9.59 Å². The number of carbonyl (C=O) groups is 2. The Morgan fingerprint density at radius 2 is 2.10 bits per heavy atom. The van der Waals surface area contributed by atoms with Crippen LogP contribution >= 0.6 is 11.6 Å². The largest absolute Gasteiger partial charge is 0.495 e. The van der Waals surface area contributed by atoms with Crippen LogP contribution in [0, 0.1) is 6.92 Å². The Labute approximate surface area is 128 Å². The van der Waals surface area contributed by atoms with E-state index in [-0.39, 0.29) is 13.2 Å². The van der Waals surface area contributed by atoms with Crippen molar-refractivity contribution < 1.29 is 19.4 Å². The van der Waals surface area contributed by atoms with Gasteiger partial charge in [0.15, 0.2) is 0 Å². The van der Waals surface area contributed by atoms with E-state index in [1.54, 1.807) is 26.0 Å². The van der Waals surface area contributed by atoms with Crippen molar-refractivity contribution in [3.8, 4) is 5.75 Å². The number of rotatable bonds is 5. The van der Waals surface area contributed by atoms with Gasteiger partial charge in [-0.25, -0.2) is 0 Å². The van der Waals surface area contributed by atoms with Gasteiger partial charge in [-0.2, -0.15) is 0 Å². The van der Waals surface area contributed by atoms with Crippen LogP contribution in [0.4, 0.5) is 5.69 Å². The smallest absolute Gasteiger partial charge is 0.314 e. The van der Waals surface area contributed by atoms with Crippen LogP contribution in [-0.2, 0) is 9.59 Å². The lowest BCUT2D eigenvalue weighted by molar-refractivity contribution is -0.143. The number of carbonyl (C=O) groups excluding carboxylic acids is 2. The van der Waals surface area contributed by atoms with Gasteiger partial charge in [-0.15, -0.1) is 0 Å². The number of benzene rings is 1. The van der Waals surface area contributed by atoms with E-state index in [1.807, 2.05) is 0 Å². The van der Waals surface area contributed by atoms with Gasteiger partial charge in [0.25, 0.3) is 0 Å². The highest BCUT2D eigenvalue weighted by molar-refractivity contribution is 6.39. The van der Waals surface area contributed by atoms with Crippen molar-refractivity contribution in [2.24, 2.45) is 0 Å². The number of anilines is 1. The number of aryl methyl sites for hydroxylation is 1. The third kappa shape index (κ3) is 4.34. The molecule has 0 radical (unpaired) electrons. The third-order valence-electron chi connectivity index (χ3n) is 2.96. The number of hydrogen-bond donors (Lipinski definition) is 2. The van der Waals surface area contributed by atoms with Gasteiger partial charge in [-0.05, 0) is 25.5 Å². The average Bonchev–Trinajstić information content (AvgIpc) is 2.47. The number of likely N-dealkylation sites (N-methyl/N-ethyl adjacent to an activating group) is 1. The third-order valence-corrected chi connectivity index (χ3v) is 3.37. The molecule has 0 fully saturated rings.